The third kappa shape index (κ3) is 3.33. The van der Waals surface area contributed by atoms with Gasteiger partial charge in [-0.05, 0) is 61.4 Å². The summed E-state index contributed by atoms with van der Waals surface area (Å²) in [6, 6.07) is 9.53. The molecule has 0 spiro atoms. The number of rotatable bonds is 2. The van der Waals surface area contributed by atoms with Gasteiger partial charge >= 0.3 is 11.9 Å². The number of aromatic carboxylic acids is 2. The fraction of sp³-hybridized carbons (Fsp3) is 0.111. The molecule has 0 aromatic heterocycles. The van der Waals surface area contributed by atoms with Crippen molar-refractivity contribution in [3.05, 3.63) is 69.8 Å². The van der Waals surface area contributed by atoms with E-state index in [1.54, 1.807) is 38.1 Å². The molecule has 4 heteroatoms. The lowest BCUT2D eigenvalue weighted by Gasteiger charge is -2.01. The van der Waals surface area contributed by atoms with Gasteiger partial charge < -0.3 is 10.2 Å². The lowest BCUT2D eigenvalue weighted by Crippen LogP contribution is -1.98. The number of carboxylic acids is 2. The molecule has 0 saturated heterocycles. The van der Waals surface area contributed by atoms with Crippen molar-refractivity contribution >= 4 is 11.9 Å². The highest BCUT2D eigenvalue weighted by Gasteiger charge is 2.05. The summed E-state index contributed by atoms with van der Waals surface area (Å²) in [4.78, 5) is 21.8. The van der Waals surface area contributed by atoms with E-state index in [9.17, 15) is 9.59 Å². The summed E-state index contributed by atoms with van der Waals surface area (Å²) in [5.41, 5.74) is 3.51. The maximum absolute atomic E-state index is 10.9. The number of hydrogen-bond acceptors (Lipinski definition) is 2. The molecule has 4 nitrogen and oxygen atoms in total. The van der Waals surface area contributed by atoms with Crippen molar-refractivity contribution in [1.29, 1.82) is 0 Å². The van der Waals surface area contributed by atoms with Gasteiger partial charge in [0.15, 0.2) is 0 Å². The molecule has 2 aromatic rings. The third-order valence-corrected chi connectivity index (χ3v) is 3.28. The van der Waals surface area contributed by atoms with Gasteiger partial charge in [-0.1, -0.05) is 11.8 Å². The zero-order valence-corrected chi connectivity index (χ0v) is 12.2. The SMILES string of the molecule is Cc1cc(C(=O)O)ccc1C#Cc1ccc(C(=O)O)cc1C. The molecule has 2 N–H and O–H groups in total. The Bertz CT molecular complexity index is 755. The van der Waals surface area contributed by atoms with Crippen LogP contribution in [0.25, 0.3) is 0 Å². The van der Waals surface area contributed by atoms with Gasteiger partial charge in [0.1, 0.15) is 0 Å². The summed E-state index contributed by atoms with van der Waals surface area (Å²) in [5, 5.41) is 17.9. The summed E-state index contributed by atoms with van der Waals surface area (Å²) in [5.74, 6) is 4.05. The molecule has 0 aliphatic rings. The monoisotopic (exact) mass is 294 g/mol. The zero-order chi connectivity index (χ0) is 16.3. The van der Waals surface area contributed by atoms with E-state index < -0.39 is 11.9 Å². The molecule has 0 aliphatic carbocycles. The van der Waals surface area contributed by atoms with E-state index in [0.29, 0.717) is 0 Å². The Kier molecular flexibility index (Phi) is 4.28. The first-order valence-electron chi connectivity index (χ1n) is 6.58. The van der Waals surface area contributed by atoms with Gasteiger partial charge in [0.05, 0.1) is 11.1 Å². The molecule has 0 atom stereocenters. The van der Waals surface area contributed by atoms with Gasteiger partial charge in [-0.15, -0.1) is 0 Å². The number of carboxylic acid groups (broad SMARTS) is 2. The molecule has 0 unspecified atom stereocenters. The fourth-order valence-corrected chi connectivity index (χ4v) is 2.01. The maximum atomic E-state index is 10.9. The van der Waals surface area contributed by atoms with Crippen molar-refractivity contribution in [1.82, 2.24) is 0 Å². The number of aryl methyl sites for hydroxylation is 2. The molecule has 0 fully saturated rings. The van der Waals surface area contributed by atoms with Crippen molar-refractivity contribution < 1.29 is 19.8 Å². The lowest BCUT2D eigenvalue weighted by atomic mass is 10.0. The molecular formula is C18H14O4. The van der Waals surface area contributed by atoms with Gasteiger partial charge in [-0.2, -0.15) is 0 Å². The second kappa shape index (κ2) is 6.15. The first-order chi connectivity index (χ1) is 10.4. The van der Waals surface area contributed by atoms with Crippen LogP contribution < -0.4 is 0 Å². The highest BCUT2D eigenvalue weighted by atomic mass is 16.4. The highest BCUT2D eigenvalue weighted by molar-refractivity contribution is 5.88. The van der Waals surface area contributed by atoms with Gasteiger partial charge in [0, 0.05) is 11.1 Å². The Balaban J connectivity index is 2.35. The Morgan fingerprint density at radius 3 is 1.41 bits per heavy atom. The molecule has 2 aromatic carbocycles. The van der Waals surface area contributed by atoms with Crippen LogP contribution in [0, 0.1) is 25.7 Å². The second-order valence-corrected chi connectivity index (χ2v) is 4.92. The van der Waals surface area contributed by atoms with Gasteiger partial charge in [-0.25, -0.2) is 9.59 Å². The van der Waals surface area contributed by atoms with Crippen molar-refractivity contribution in [3.63, 3.8) is 0 Å². The zero-order valence-electron chi connectivity index (χ0n) is 12.2. The van der Waals surface area contributed by atoms with Gasteiger partial charge in [0.25, 0.3) is 0 Å². The Morgan fingerprint density at radius 1 is 0.773 bits per heavy atom. The minimum Gasteiger partial charge on any atom is -0.478 e. The van der Waals surface area contributed by atoms with E-state index in [1.807, 2.05) is 0 Å². The molecule has 0 amide bonds. The molecule has 2 rings (SSSR count). The summed E-state index contributed by atoms with van der Waals surface area (Å²) < 4.78 is 0. The highest BCUT2D eigenvalue weighted by Crippen LogP contribution is 2.13. The smallest absolute Gasteiger partial charge is 0.335 e. The molecule has 0 radical (unpaired) electrons. The summed E-state index contributed by atoms with van der Waals surface area (Å²) in [6.45, 7) is 3.60. The second-order valence-electron chi connectivity index (χ2n) is 4.92. The molecule has 22 heavy (non-hydrogen) atoms. The van der Waals surface area contributed by atoms with Crippen molar-refractivity contribution in [2.24, 2.45) is 0 Å². The van der Waals surface area contributed by atoms with Gasteiger partial charge in [0.2, 0.25) is 0 Å². The minimum absolute atomic E-state index is 0.227. The van der Waals surface area contributed by atoms with E-state index in [0.717, 1.165) is 22.3 Å². The van der Waals surface area contributed by atoms with Crippen LogP contribution in [0.15, 0.2) is 36.4 Å². The van der Waals surface area contributed by atoms with Crippen molar-refractivity contribution in [2.45, 2.75) is 13.8 Å². The predicted molar refractivity (Wildman–Crippen MR) is 82.3 cm³/mol. The minimum atomic E-state index is -0.970. The lowest BCUT2D eigenvalue weighted by molar-refractivity contribution is 0.0686. The van der Waals surface area contributed by atoms with E-state index in [1.165, 1.54) is 12.1 Å². The maximum Gasteiger partial charge on any atom is 0.335 e. The van der Waals surface area contributed by atoms with Crippen LogP contribution in [0.4, 0.5) is 0 Å². The molecule has 0 saturated carbocycles. The van der Waals surface area contributed by atoms with Crippen LogP contribution in [0.1, 0.15) is 43.0 Å². The molecular weight excluding hydrogens is 280 g/mol. The number of hydrogen-bond donors (Lipinski definition) is 2. The summed E-state index contributed by atoms with van der Waals surface area (Å²) in [7, 11) is 0. The fourth-order valence-electron chi connectivity index (χ4n) is 2.01. The van der Waals surface area contributed by atoms with Gasteiger partial charge in [-0.3, -0.25) is 0 Å². The first kappa shape index (κ1) is 15.3. The predicted octanol–water partition coefficient (Wildman–Crippen LogP) is 3.10. The standard InChI is InChI=1S/C18H14O4/c1-11-9-15(17(19)20)7-5-13(11)3-4-14-6-8-16(18(21)22)10-12(14)2/h5-10H,1-2H3,(H,19,20)(H,21,22). The molecule has 110 valence electrons. The van der Waals surface area contributed by atoms with Crippen LogP contribution in [0.2, 0.25) is 0 Å². The normalized spacial score (nSPS) is 9.73. The van der Waals surface area contributed by atoms with E-state index >= 15 is 0 Å². The Morgan fingerprint density at radius 2 is 1.14 bits per heavy atom. The van der Waals surface area contributed by atoms with Crippen LogP contribution >= 0.6 is 0 Å². The average Bonchev–Trinajstić information content (AvgIpc) is 2.46. The summed E-state index contributed by atoms with van der Waals surface area (Å²) >= 11 is 0. The van der Waals surface area contributed by atoms with E-state index in [2.05, 4.69) is 11.8 Å². The van der Waals surface area contributed by atoms with Crippen molar-refractivity contribution in [2.75, 3.05) is 0 Å². The number of benzene rings is 2. The van der Waals surface area contributed by atoms with E-state index in [-0.39, 0.29) is 11.1 Å². The van der Waals surface area contributed by atoms with E-state index in [4.69, 9.17) is 10.2 Å². The van der Waals surface area contributed by atoms with Crippen LogP contribution in [-0.2, 0) is 0 Å². The Hall–Kier alpha value is -3.06. The number of carbonyl (C=O) groups is 2. The molecule has 0 aliphatic heterocycles. The molecule has 0 bridgehead atoms. The van der Waals surface area contributed by atoms with Crippen LogP contribution in [-0.4, -0.2) is 22.2 Å². The Labute approximate surface area is 128 Å². The average molecular weight is 294 g/mol. The molecule has 0 heterocycles. The van der Waals surface area contributed by atoms with Crippen molar-refractivity contribution in [3.8, 4) is 11.8 Å². The largest absolute Gasteiger partial charge is 0.478 e. The quantitative estimate of drug-likeness (QED) is 0.835. The van der Waals surface area contributed by atoms with Crippen LogP contribution in [0.5, 0.6) is 0 Å². The van der Waals surface area contributed by atoms with Crippen LogP contribution in [0.3, 0.4) is 0 Å². The summed E-state index contributed by atoms with van der Waals surface area (Å²) in [6.07, 6.45) is 0. The topological polar surface area (TPSA) is 74.6 Å². The first-order valence-corrected chi connectivity index (χ1v) is 6.58. The third-order valence-electron chi connectivity index (χ3n) is 3.28.